The molecular weight excluding hydrogens is 228 g/mol. The molecule has 0 spiro atoms. The monoisotopic (exact) mass is 240 g/mol. The van der Waals surface area contributed by atoms with Crippen LogP contribution in [-0.4, -0.2) is 27.4 Å². The molecule has 0 aromatic heterocycles. The lowest BCUT2D eigenvalue weighted by Gasteiger charge is -2.09. The average Bonchev–Trinajstić information content (AvgIpc) is 2.25. The summed E-state index contributed by atoms with van der Waals surface area (Å²) in [6.45, 7) is 0. The molecule has 0 saturated carbocycles. The number of aliphatic carboxylic acids is 2. The van der Waals surface area contributed by atoms with Gasteiger partial charge in [-0.2, -0.15) is 0 Å². The van der Waals surface area contributed by atoms with Gasteiger partial charge in [0.05, 0.1) is 6.42 Å². The molecule has 0 amide bonds. The first kappa shape index (κ1) is 12.6. The minimum absolute atomic E-state index is 0.354. The zero-order valence-electron chi connectivity index (χ0n) is 8.50. The van der Waals surface area contributed by atoms with E-state index in [0.29, 0.717) is 5.75 Å². The average molecular weight is 240 g/mol. The van der Waals surface area contributed by atoms with Crippen LogP contribution in [0, 0.1) is 0 Å². The summed E-state index contributed by atoms with van der Waals surface area (Å²) in [6, 6.07) is 9.37. The number of hydrogen-bond acceptors (Lipinski definition) is 3. The first-order valence-corrected chi connectivity index (χ1v) is 5.74. The Morgan fingerprint density at radius 1 is 1.19 bits per heavy atom. The largest absolute Gasteiger partial charge is 0.481 e. The number of benzene rings is 1. The van der Waals surface area contributed by atoms with Crippen molar-refractivity contribution in [3.63, 3.8) is 0 Å². The van der Waals surface area contributed by atoms with E-state index in [4.69, 9.17) is 10.2 Å². The van der Waals surface area contributed by atoms with Gasteiger partial charge >= 0.3 is 11.9 Å². The van der Waals surface area contributed by atoms with Crippen LogP contribution in [0.25, 0.3) is 0 Å². The van der Waals surface area contributed by atoms with Crippen molar-refractivity contribution >= 4 is 23.7 Å². The standard InChI is InChI=1S/C11H12O4S/c12-10(13)6-9(11(14)15)16-7-8-4-2-1-3-5-8/h1-5,9H,6-7H2,(H,12,13)(H,14,15). The summed E-state index contributed by atoms with van der Waals surface area (Å²) in [5.74, 6) is -1.67. The predicted octanol–water partition coefficient (Wildman–Crippen LogP) is 1.85. The van der Waals surface area contributed by atoms with Crippen LogP contribution >= 0.6 is 11.8 Å². The molecule has 0 aliphatic heterocycles. The second-order valence-electron chi connectivity index (χ2n) is 3.22. The van der Waals surface area contributed by atoms with Crippen LogP contribution in [0.5, 0.6) is 0 Å². The molecule has 86 valence electrons. The Morgan fingerprint density at radius 3 is 2.31 bits per heavy atom. The van der Waals surface area contributed by atoms with Crippen LogP contribution in [0.2, 0.25) is 0 Å². The summed E-state index contributed by atoms with van der Waals surface area (Å²) in [7, 11) is 0. The molecule has 1 unspecified atom stereocenters. The highest BCUT2D eigenvalue weighted by atomic mass is 32.2. The van der Waals surface area contributed by atoms with Crippen LogP contribution < -0.4 is 0 Å². The van der Waals surface area contributed by atoms with Crippen LogP contribution in [-0.2, 0) is 15.3 Å². The molecule has 0 aliphatic rings. The fourth-order valence-electron chi connectivity index (χ4n) is 1.15. The summed E-state index contributed by atoms with van der Waals surface area (Å²) in [5.41, 5.74) is 0.990. The fraction of sp³-hybridized carbons (Fsp3) is 0.273. The van der Waals surface area contributed by atoms with E-state index in [1.54, 1.807) is 0 Å². The van der Waals surface area contributed by atoms with Crippen molar-refractivity contribution in [3.05, 3.63) is 35.9 Å². The lowest BCUT2D eigenvalue weighted by molar-refractivity contribution is -0.142. The maximum Gasteiger partial charge on any atom is 0.317 e. The lowest BCUT2D eigenvalue weighted by Crippen LogP contribution is -2.20. The van der Waals surface area contributed by atoms with E-state index in [9.17, 15) is 9.59 Å². The summed E-state index contributed by atoms with van der Waals surface area (Å²) in [4.78, 5) is 21.2. The molecule has 4 nitrogen and oxygen atoms in total. The van der Waals surface area contributed by atoms with Gasteiger partial charge in [-0.05, 0) is 5.56 Å². The highest BCUT2D eigenvalue weighted by molar-refractivity contribution is 7.99. The summed E-state index contributed by atoms with van der Waals surface area (Å²) < 4.78 is 0. The molecule has 5 heteroatoms. The molecule has 2 N–H and O–H groups in total. The zero-order valence-corrected chi connectivity index (χ0v) is 9.31. The van der Waals surface area contributed by atoms with Crippen molar-refractivity contribution in [2.24, 2.45) is 0 Å². The Labute approximate surface area is 97.3 Å². The van der Waals surface area contributed by atoms with Crippen LogP contribution in [0.3, 0.4) is 0 Å². The van der Waals surface area contributed by atoms with Gasteiger partial charge in [-0.25, -0.2) is 0 Å². The van der Waals surface area contributed by atoms with E-state index in [1.165, 1.54) is 0 Å². The highest BCUT2D eigenvalue weighted by Crippen LogP contribution is 2.20. The molecule has 0 fully saturated rings. The Balaban J connectivity index is 2.50. The highest BCUT2D eigenvalue weighted by Gasteiger charge is 2.21. The van der Waals surface area contributed by atoms with Gasteiger partial charge in [0.25, 0.3) is 0 Å². The minimum atomic E-state index is -1.09. The van der Waals surface area contributed by atoms with Crippen molar-refractivity contribution in [3.8, 4) is 0 Å². The molecule has 0 bridgehead atoms. The second kappa shape index (κ2) is 6.17. The van der Waals surface area contributed by atoms with Gasteiger partial charge in [-0.15, -0.1) is 11.8 Å². The van der Waals surface area contributed by atoms with Crippen molar-refractivity contribution in [2.45, 2.75) is 17.4 Å². The third-order valence-corrected chi connectivity index (χ3v) is 3.20. The third-order valence-electron chi connectivity index (χ3n) is 1.93. The van der Waals surface area contributed by atoms with E-state index < -0.39 is 17.2 Å². The zero-order chi connectivity index (χ0) is 12.0. The Hall–Kier alpha value is -1.49. The Bertz CT molecular complexity index is 364. The second-order valence-corrected chi connectivity index (χ2v) is 4.41. The van der Waals surface area contributed by atoms with E-state index >= 15 is 0 Å². The molecule has 16 heavy (non-hydrogen) atoms. The third kappa shape index (κ3) is 4.35. The van der Waals surface area contributed by atoms with Crippen LogP contribution in [0.15, 0.2) is 30.3 Å². The molecule has 1 aromatic rings. The van der Waals surface area contributed by atoms with Crippen LogP contribution in [0.4, 0.5) is 0 Å². The fourth-order valence-corrected chi connectivity index (χ4v) is 2.14. The van der Waals surface area contributed by atoms with Gasteiger partial charge in [-0.3, -0.25) is 9.59 Å². The molecule has 0 radical (unpaired) electrons. The van der Waals surface area contributed by atoms with Crippen molar-refractivity contribution in [1.29, 1.82) is 0 Å². The van der Waals surface area contributed by atoms with Gasteiger partial charge < -0.3 is 10.2 Å². The summed E-state index contributed by atoms with van der Waals surface area (Å²) in [5, 5.41) is 16.5. The summed E-state index contributed by atoms with van der Waals surface area (Å²) >= 11 is 1.13. The number of carbonyl (C=O) groups is 2. The van der Waals surface area contributed by atoms with E-state index in [0.717, 1.165) is 17.3 Å². The molecule has 0 heterocycles. The van der Waals surface area contributed by atoms with Gasteiger partial charge in [0.1, 0.15) is 5.25 Å². The number of carboxylic acid groups (broad SMARTS) is 2. The van der Waals surface area contributed by atoms with E-state index in [-0.39, 0.29) is 6.42 Å². The topological polar surface area (TPSA) is 74.6 Å². The Kier molecular flexibility index (Phi) is 4.85. The number of rotatable bonds is 6. The maximum atomic E-state index is 10.8. The molecule has 1 atom stereocenters. The first-order chi connectivity index (χ1) is 7.59. The molecule has 1 aromatic carbocycles. The van der Waals surface area contributed by atoms with Crippen LogP contribution in [0.1, 0.15) is 12.0 Å². The minimum Gasteiger partial charge on any atom is -0.481 e. The van der Waals surface area contributed by atoms with Crippen molar-refractivity contribution in [1.82, 2.24) is 0 Å². The Morgan fingerprint density at radius 2 is 1.81 bits per heavy atom. The lowest BCUT2D eigenvalue weighted by atomic mass is 10.2. The SMILES string of the molecule is O=C(O)CC(SCc1ccccc1)C(=O)O. The smallest absolute Gasteiger partial charge is 0.317 e. The van der Waals surface area contributed by atoms with E-state index in [2.05, 4.69) is 0 Å². The first-order valence-electron chi connectivity index (χ1n) is 4.69. The molecule has 1 rings (SSSR count). The van der Waals surface area contributed by atoms with Crippen molar-refractivity contribution in [2.75, 3.05) is 0 Å². The van der Waals surface area contributed by atoms with Gasteiger partial charge in [-0.1, -0.05) is 30.3 Å². The molecular formula is C11H12O4S. The predicted molar refractivity (Wildman–Crippen MR) is 61.4 cm³/mol. The number of hydrogen-bond donors (Lipinski definition) is 2. The quantitative estimate of drug-likeness (QED) is 0.793. The maximum absolute atomic E-state index is 10.8. The number of thioether (sulfide) groups is 1. The molecule has 0 saturated heterocycles. The van der Waals surface area contributed by atoms with Gasteiger partial charge in [0, 0.05) is 5.75 Å². The molecule has 0 aliphatic carbocycles. The van der Waals surface area contributed by atoms with E-state index in [1.807, 2.05) is 30.3 Å². The van der Waals surface area contributed by atoms with Crippen molar-refractivity contribution < 1.29 is 19.8 Å². The normalized spacial score (nSPS) is 12.0. The number of carboxylic acids is 2. The van der Waals surface area contributed by atoms with Gasteiger partial charge in [0.2, 0.25) is 0 Å². The van der Waals surface area contributed by atoms with Gasteiger partial charge in [0.15, 0.2) is 0 Å². The summed E-state index contributed by atoms with van der Waals surface area (Å²) in [6.07, 6.45) is -0.354.